The minimum absolute atomic E-state index is 0.0201. The highest BCUT2D eigenvalue weighted by atomic mass is 16.5. The van der Waals surface area contributed by atoms with Crippen molar-refractivity contribution in [3.05, 3.63) is 23.8 Å². The molecule has 1 aliphatic carbocycles. The first kappa shape index (κ1) is 21.9. The molecule has 0 aromatic heterocycles. The van der Waals surface area contributed by atoms with Gasteiger partial charge in [-0.1, -0.05) is 19.4 Å². The summed E-state index contributed by atoms with van der Waals surface area (Å²) < 4.78 is 11.2. The molecule has 0 radical (unpaired) electrons. The third-order valence-electron chi connectivity index (χ3n) is 5.20. The van der Waals surface area contributed by atoms with Gasteiger partial charge in [-0.25, -0.2) is 4.79 Å². The zero-order valence-corrected chi connectivity index (χ0v) is 17.0. The lowest BCUT2D eigenvalue weighted by Gasteiger charge is -2.27. The SMILES string of the molecule is CCCCOc1ccc(C(C)NC(=O)NC2CCC(C(=O)O)CC2)cc1OC. The zero-order chi connectivity index (χ0) is 20.5. The fourth-order valence-corrected chi connectivity index (χ4v) is 3.39. The standard InChI is InChI=1S/C21H32N2O5/c1-4-5-12-28-18-11-8-16(13-19(18)27-3)14(2)22-21(26)23-17-9-6-15(7-10-17)20(24)25/h8,11,13-15,17H,4-7,9-10,12H2,1-3H3,(H,24,25)(H2,22,23,26). The molecule has 1 aliphatic rings. The summed E-state index contributed by atoms with van der Waals surface area (Å²) in [5.41, 5.74) is 0.921. The third kappa shape index (κ3) is 6.32. The van der Waals surface area contributed by atoms with Crippen LogP contribution in [0, 0.1) is 5.92 Å². The Labute approximate surface area is 166 Å². The Morgan fingerprint density at radius 2 is 1.93 bits per heavy atom. The number of benzene rings is 1. The molecule has 1 saturated carbocycles. The molecule has 156 valence electrons. The molecule has 3 N–H and O–H groups in total. The van der Waals surface area contributed by atoms with Gasteiger partial charge >= 0.3 is 12.0 Å². The summed E-state index contributed by atoms with van der Waals surface area (Å²) in [5, 5.41) is 14.9. The number of nitrogens with one attached hydrogen (secondary N) is 2. The number of carboxylic acids is 1. The second-order valence-electron chi connectivity index (χ2n) is 7.34. The Bertz CT molecular complexity index is 656. The Hall–Kier alpha value is -2.44. The first-order valence-corrected chi connectivity index (χ1v) is 10.0. The van der Waals surface area contributed by atoms with Gasteiger partial charge in [0.1, 0.15) is 0 Å². The van der Waals surface area contributed by atoms with Gasteiger partial charge in [0.15, 0.2) is 11.5 Å². The van der Waals surface area contributed by atoms with Crippen molar-refractivity contribution in [2.45, 2.75) is 64.5 Å². The highest BCUT2D eigenvalue weighted by Crippen LogP contribution is 2.30. The molecule has 1 unspecified atom stereocenters. The lowest BCUT2D eigenvalue weighted by molar-refractivity contribution is -0.142. The van der Waals surface area contributed by atoms with Gasteiger partial charge < -0.3 is 25.2 Å². The van der Waals surface area contributed by atoms with E-state index >= 15 is 0 Å². The van der Waals surface area contributed by atoms with E-state index in [1.807, 2.05) is 25.1 Å². The van der Waals surface area contributed by atoms with Crippen molar-refractivity contribution in [2.24, 2.45) is 5.92 Å². The molecule has 0 spiro atoms. The molecule has 7 nitrogen and oxygen atoms in total. The topological polar surface area (TPSA) is 96.9 Å². The van der Waals surface area contributed by atoms with Crippen LogP contribution in [-0.2, 0) is 4.79 Å². The molecule has 28 heavy (non-hydrogen) atoms. The minimum Gasteiger partial charge on any atom is -0.493 e. The van der Waals surface area contributed by atoms with Crippen molar-refractivity contribution in [3.8, 4) is 11.5 Å². The number of methoxy groups -OCH3 is 1. The summed E-state index contributed by atoms with van der Waals surface area (Å²) in [4.78, 5) is 23.3. The maximum Gasteiger partial charge on any atom is 0.315 e. The summed E-state index contributed by atoms with van der Waals surface area (Å²) in [7, 11) is 1.60. The van der Waals surface area contributed by atoms with Crippen molar-refractivity contribution in [1.29, 1.82) is 0 Å². The predicted octanol–water partition coefficient (Wildman–Crippen LogP) is 3.88. The number of unbranched alkanes of at least 4 members (excludes halogenated alkanes) is 1. The lowest BCUT2D eigenvalue weighted by Crippen LogP contribution is -2.44. The van der Waals surface area contributed by atoms with E-state index in [2.05, 4.69) is 17.6 Å². The van der Waals surface area contributed by atoms with Crippen molar-refractivity contribution in [1.82, 2.24) is 10.6 Å². The van der Waals surface area contributed by atoms with E-state index in [9.17, 15) is 9.59 Å². The highest BCUT2D eigenvalue weighted by molar-refractivity contribution is 5.75. The number of carboxylic acid groups (broad SMARTS) is 1. The Morgan fingerprint density at radius 3 is 2.54 bits per heavy atom. The molecule has 0 saturated heterocycles. The van der Waals surface area contributed by atoms with E-state index < -0.39 is 5.97 Å². The van der Waals surface area contributed by atoms with E-state index in [-0.39, 0.29) is 24.0 Å². The molecule has 2 amide bonds. The molecule has 7 heteroatoms. The Morgan fingerprint density at radius 1 is 1.21 bits per heavy atom. The number of ether oxygens (including phenoxy) is 2. The second-order valence-corrected chi connectivity index (χ2v) is 7.34. The molecule has 1 aromatic rings. The molecule has 1 aromatic carbocycles. The van der Waals surface area contributed by atoms with Crippen LogP contribution in [-0.4, -0.2) is 36.9 Å². The van der Waals surface area contributed by atoms with Crippen LogP contribution in [0.2, 0.25) is 0 Å². The molecular formula is C21H32N2O5. The monoisotopic (exact) mass is 392 g/mol. The van der Waals surface area contributed by atoms with E-state index in [1.165, 1.54) is 0 Å². The van der Waals surface area contributed by atoms with Crippen molar-refractivity contribution in [3.63, 3.8) is 0 Å². The maximum atomic E-state index is 12.3. The van der Waals surface area contributed by atoms with E-state index in [1.54, 1.807) is 7.11 Å². The maximum absolute atomic E-state index is 12.3. The summed E-state index contributed by atoms with van der Waals surface area (Å²) in [6, 6.07) is 5.25. The Balaban J connectivity index is 1.87. The van der Waals surface area contributed by atoms with Crippen LogP contribution in [0.4, 0.5) is 4.79 Å². The number of carbonyl (C=O) groups excluding carboxylic acids is 1. The minimum atomic E-state index is -0.743. The van der Waals surface area contributed by atoms with Gasteiger partial charge in [0.05, 0.1) is 25.7 Å². The summed E-state index contributed by atoms with van der Waals surface area (Å²) in [6.45, 7) is 4.67. The summed E-state index contributed by atoms with van der Waals surface area (Å²) >= 11 is 0. The third-order valence-corrected chi connectivity index (χ3v) is 5.20. The molecule has 1 fully saturated rings. The molecular weight excluding hydrogens is 360 g/mol. The molecule has 0 aliphatic heterocycles. The molecule has 1 atom stereocenters. The van der Waals surface area contributed by atoms with Gasteiger partial charge in [0.2, 0.25) is 0 Å². The second kappa shape index (κ2) is 10.8. The van der Waals surface area contributed by atoms with Gasteiger partial charge in [-0.2, -0.15) is 0 Å². The molecule has 0 heterocycles. The average molecular weight is 392 g/mol. The fraction of sp³-hybridized carbons (Fsp3) is 0.619. The summed E-state index contributed by atoms with van der Waals surface area (Å²) in [6.07, 6.45) is 4.64. The number of urea groups is 1. The van der Waals surface area contributed by atoms with E-state index in [0.717, 1.165) is 18.4 Å². The highest BCUT2D eigenvalue weighted by Gasteiger charge is 2.27. The number of hydrogen-bond acceptors (Lipinski definition) is 4. The van der Waals surface area contributed by atoms with Crippen LogP contribution >= 0.6 is 0 Å². The average Bonchev–Trinajstić information content (AvgIpc) is 2.68. The quantitative estimate of drug-likeness (QED) is 0.554. The largest absolute Gasteiger partial charge is 0.493 e. The van der Waals surface area contributed by atoms with Crippen molar-refractivity contribution >= 4 is 12.0 Å². The van der Waals surface area contributed by atoms with Crippen molar-refractivity contribution in [2.75, 3.05) is 13.7 Å². The summed E-state index contributed by atoms with van der Waals surface area (Å²) in [5.74, 6) is 0.319. The van der Waals surface area contributed by atoms with E-state index in [4.69, 9.17) is 14.6 Å². The Kier molecular flexibility index (Phi) is 8.42. The van der Waals surface area contributed by atoms with Crippen LogP contribution < -0.4 is 20.1 Å². The van der Waals surface area contributed by atoms with Crippen LogP contribution in [0.5, 0.6) is 11.5 Å². The van der Waals surface area contributed by atoms with Gasteiger partial charge in [-0.15, -0.1) is 0 Å². The van der Waals surface area contributed by atoms with Crippen LogP contribution in [0.15, 0.2) is 18.2 Å². The smallest absolute Gasteiger partial charge is 0.315 e. The fourth-order valence-electron chi connectivity index (χ4n) is 3.39. The number of hydrogen-bond donors (Lipinski definition) is 3. The first-order valence-electron chi connectivity index (χ1n) is 10.0. The van der Waals surface area contributed by atoms with Gasteiger partial charge in [0, 0.05) is 6.04 Å². The van der Waals surface area contributed by atoms with Crippen LogP contribution in [0.25, 0.3) is 0 Å². The number of rotatable bonds is 9. The van der Waals surface area contributed by atoms with Crippen molar-refractivity contribution < 1.29 is 24.2 Å². The van der Waals surface area contributed by atoms with Gasteiger partial charge in [0.25, 0.3) is 0 Å². The number of carbonyl (C=O) groups is 2. The van der Waals surface area contributed by atoms with E-state index in [0.29, 0.717) is 43.8 Å². The van der Waals surface area contributed by atoms with Crippen LogP contribution in [0.3, 0.4) is 0 Å². The predicted molar refractivity (Wildman–Crippen MR) is 107 cm³/mol. The van der Waals surface area contributed by atoms with Crippen LogP contribution in [0.1, 0.15) is 64.0 Å². The lowest BCUT2D eigenvalue weighted by atomic mass is 9.86. The number of aliphatic carboxylic acids is 1. The normalized spacial score (nSPS) is 20.1. The first-order chi connectivity index (χ1) is 13.4. The van der Waals surface area contributed by atoms with Gasteiger partial charge in [-0.3, -0.25) is 4.79 Å². The van der Waals surface area contributed by atoms with Gasteiger partial charge in [-0.05, 0) is 56.7 Å². The molecule has 2 rings (SSSR count). The molecule has 0 bridgehead atoms. The zero-order valence-electron chi connectivity index (χ0n) is 17.0. The number of amides is 2.